The van der Waals surface area contributed by atoms with E-state index in [-0.39, 0.29) is 13.0 Å². The quantitative estimate of drug-likeness (QED) is 0.925. The molecule has 1 aromatic rings. The predicted molar refractivity (Wildman–Crippen MR) is 68.3 cm³/mol. The minimum atomic E-state index is -4.46. The highest BCUT2D eigenvalue weighted by Gasteiger charge is 2.40. The van der Waals surface area contributed by atoms with E-state index in [2.05, 4.69) is 10.3 Å². The van der Waals surface area contributed by atoms with Gasteiger partial charge in [-0.15, -0.1) is 0 Å². The third-order valence-electron chi connectivity index (χ3n) is 3.12. The van der Waals surface area contributed by atoms with Crippen LogP contribution in [-0.2, 0) is 9.59 Å². The number of anilines is 1. The van der Waals surface area contributed by atoms with Gasteiger partial charge < -0.3 is 10.2 Å². The number of aromatic nitrogens is 1. The third-order valence-corrected chi connectivity index (χ3v) is 3.12. The number of nitrogens with one attached hydrogen (secondary N) is 1. The lowest BCUT2D eigenvalue weighted by molar-refractivity contribution is -0.157. The number of hydrogen-bond acceptors (Lipinski definition) is 3. The van der Waals surface area contributed by atoms with E-state index in [9.17, 15) is 22.8 Å². The van der Waals surface area contributed by atoms with Gasteiger partial charge in [0, 0.05) is 19.2 Å². The molecular weight excluding hydrogens is 287 g/mol. The summed E-state index contributed by atoms with van der Waals surface area (Å²) in [5, 5.41) is 2.52. The monoisotopic (exact) mass is 301 g/mol. The lowest BCUT2D eigenvalue weighted by Gasteiger charge is -2.18. The van der Waals surface area contributed by atoms with Crippen LogP contribution in [0, 0.1) is 12.8 Å². The van der Waals surface area contributed by atoms with E-state index in [0.717, 1.165) is 5.56 Å². The van der Waals surface area contributed by atoms with Crippen molar-refractivity contribution in [1.29, 1.82) is 0 Å². The number of amides is 2. The molecule has 0 radical (unpaired) electrons. The SMILES string of the molecule is Cc1ccnc(NC(=O)[C@@H]2CC(=O)N(CC(F)(F)F)C2)c1. The smallest absolute Gasteiger partial charge is 0.333 e. The summed E-state index contributed by atoms with van der Waals surface area (Å²) in [5.41, 5.74) is 0.890. The molecule has 2 heterocycles. The summed E-state index contributed by atoms with van der Waals surface area (Å²) in [4.78, 5) is 28.1. The Bertz CT molecular complexity index is 560. The van der Waals surface area contributed by atoms with Crippen molar-refractivity contribution in [3.63, 3.8) is 0 Å². The molecule has 1 saturated heterocycles. The largest absolute Gasteiger partial charge is 0.406 e. The number of likely N-dealkylation sites (tertiary alicyclic amines) is 1. The molecule has 1 atom stereocenters. The van der Waals surface area contributed by atoms with E-state index in [1.54, 1.807) is 12.1 Å². The first kappa shape index (κ1) is 15.3. The van der Waals surface area contributed by atoms with Crippen molar-refractivity contribution in [1.82, 2.24) is 9.88 Å². The van der Waals surface area contributed by atoms with Crippen LogP contribution < -0.4 is 5.32 Å². The summed E-state index contributed by atoms with van der Waals surface area (Å²) in [6.45, 7) is 0.274. The summed E-state index contributed by atoms with van der Waals surface area (Å²) in [6, 6.07) is 3.39. The zero-order chi connectivity index (χ0) is 15.6. The predicted octanol–water partition coefficient (Wildman–Crippen LogP) is 1.74. The van der Waals surface area contributed by atoms with Crippen molar-refractivity contribution in [3.05, 3.63) is 23.9 Å². The second kappa shape index (κ2) is 5.71. The normalized spacial score (nSPS) is 19.0. The fourth-order valence-corrected chi connectivity index (χ4v) is 2.15. The Kier molecular flexibility index (Phi) is 4.15. The van der Waals surface area contributed by atoms with Crippen LogP contribution in [0.25, 0.3) is 0 Å². The molecular formula is C13H14F3N3O2. The Balaban J connectivity index is 1.97. The zero-order valence-corrected chi connectivity index (χ0v) is 11.3. The van der Waals surface area contributed by atoms with Gasteiger partial charge in [0.1, 0.15) is 12.4 Å². The van der Waals surface area contributed by atoms with Gasteiger partial charge in [-0.1, -0.05) is 0 Å². The van der Waals surface area contributed by atoms with Crippen molar-refractivity contribution in [2.45, 2.75) is 19.5 Å². The Morgan fingerprint density at radius 3 is 2.86 bits per heavy atom. The van der Waals surface area contributed by atoms with Gasteiger partial charge in [0.05, 0.1) is 5.92 Å². The Morgan fingerprint density at radius 2 is 2.24 bits per heavy atom. The maximum absolute atomic E-state index is 12.3. The summed E-state index contributed by atoms with van der Waals surface area (Å²) in [6.07, 6.45) is -3.16. The molecule has 0 saturated carbocycles. The number of alkyl halides is 3. The standard InChI is InChI=1S/C13H14F3N3O2/c1-8-2-3-17-10(4-8)18-12(21)9-5-11(20)19(6-9)7-13(14,15)16/h2-4,9H,5-7H2,1H3,(H,17,18,21)/t9-/m1/s1. The molecule has 1 aromatic heterocycles. The van der Waals surface area contributed by atoms with Crippen LogP contribution >= 0.6 is 0 Å². The van der Waals surface area contributed by atoms with Gasteiger partial charge in [0.15, 0.2) is 0 Å². The Labute approximate surface area is 119 Å². The molecule has 5 nitrogen and oxygen atoms in total. The molecule has 0 aromatic carbocycles. The highest BCUT2D eigenvalue weighted by atomic mass is 19.4. The van der Waals surface area contributed by atoms with Crippen LogP contribution in [0.3, 0.4) is 0 Å². The minimum absolute atomic E-state index is 0.215. The molecule has 2 amide bonds. The number of aryl methyl sites for hydroxylation is 1. The summed E-state index contributed by atoms with van der Waals surface area (Å²) < 4.78 is 36.9. The molecule has 0 aliphatic carbocycles. The molecule has 1 fully saturated rings. The zero-order valence-electron chi connectivity index (χ0n) is 11.3. The lowest BCUT2D eigenvalue weighted by Crippen LogP contribution is -2.36. The highest BCUT2D eigenvalue weighted by molar-refractivity contribution is 5.96. The molecule has 0 spiro atoms. The van der Waals surface area contributed by atoms with Gasteiger partial charge in [-0.2, -0.15) is 13.2 Å². The van der Waals surface area contributed by atoms with E-state index in [4.69, 9.17) is 0 Å². The summed E-state index contributed by atoms with van der Waals surface area (Å²) in [7, 11) is 0. The van der Waals surface area contributed by atoms with Crippen LogP contribution in [0.4, 0.5) is 19.0 Å². The average Bonchev–Trinajstić information content (AvgIpc) is 2.69. The first-order valence-corrected chi connectivity index (χ1v) is 6.32. The van der Waals surface area contributed by atoms with Crippen LogP contribution in [0.2, 0.25) is 0 Å². The van der Waals surface area contributed by atoms with E-state index >= 15 is 0 Å². The van der Waals surface area contributed by atoms with Crippen molar-refractivity contribution >= 4 is 17.6 Å². The minimum Gasteiger partial charge on any atom is -0.333 e. The average molecular weight is 301 g/mol. The first-order valence-electron chi connectivity index (χ1n) is 6.32. The Morgan fingerprint density at radius 1 is 1.52 bits per heavy atom. The van der Waals surface area contributed by atoms with E-state index in [1.807, 2.05) is 6.92 Å². The van der Waals surface area contributed by atoms with Gasteiger partial charge in [0.2, 0.25) is 11.8 Å². The fourth-order valence-electron chi connectivity index (χ4n) is 2.15. The number of nitrogens with zero attached hydrogens (tertiary/aromatic N) is 2. The number of carbonyl (C=O) groups is 2. The van der Waals surface area contributed by atoms with E-state index in [1.165, 1.54) is 6.20 Å². The number of rotatable bonds is 3. The van der Waals surface area contributed by atoms with Crippen molar-refractivity contribution in [3.8, 4) is 0 Å². The molecule has 1 N–H and O–H groups in total. The van der Waals surface area contributed by atoms with Gasteiger partial charge >= 0.3 is 6.18 Å². The van der Waals surface area contributed by atoms with E-state index in [0.29, 0.717) is 10.7 Å². The number of pyridine rings is 1. The molecule has 114 valence electrons. The van der Waals surface area contributed by atoms with Crippen molar-refractivity contribution in [2.75, 3.05) is 18.4 Å². The van der Waals surface area contributed by atoms with Gasteiger partial charge in [0.25, 0.3) is 0 Å². The van der Waals surface area contributed by atoms with Gasteiger partial charge in [-0.25, -0.2) is 4.98 Å². The van der Waals surface area contributed by atoms with Gasteiger partial charge in [-0.3, -0.25) is 9.59 Å². The number of carbonyl (C=O) groups excluding carboxylic acids is 2. The summed E-state index contributed by atoms with van der Waals surface area (Å²) >= 11 is 0. The van der Waals surface area contributed by atoms with Crippen LogP contribution in [0.15, 0.2) is 18.3 Å². The topological polar surface area (TPSA) is 62.3 Å². The van der Waals surface area contributed by atoms with Crippen molar-refractivity contribution in [2.24, 2.45) is 5.92 Å². The molecule has 1 aliphatic heterocycles. The highest BCUT2D eigenvalue weighted by Crippen LogP contribution is 2.24. The van der Waals surface area contributed by atoms with Crippen LogP contribution in [0.1, 0.15) is 12.0 Å². The second-order valence-electron chi connectivity index (χ2n) is 5.00. The maximum atomic E-state index is 12.3. The molecule has 8 heteroatoms. The van der Waals surface area contributed by atoms with Crippen LogP contribution in [0.5, 0.6) is 0 Å². The molecule has 21 heavy (non-hydrogen) atoms. The molecule has 2 rings (SSSR count). The van der Waals surface area contributed by atoms with E-state index < -0.39 is 30.5 Å². The fraction of sp³-hybridized carbons (Fsp3) is 0.462. The maximum Gasteiger partial charge on any atom is 0.406 e. The first-order chi connectivity index (χ1) is 9.74. The lowest BCUT2D eigenvalue weighted by atomic mass is 10.1. The second-order valence-corrected chi connectivity index (χ2v) is 5.00. The summed E-state index contributed by atoms with van der Waals surface area (Å²) in [5.74, 6) is -1.63. The third kappa shape index (κ3) is 4.17. The number of hydrogen-bond donors (Lipinski definition) is 1. The molecule has 0 unspecified atom stereocenters. The van der Waals surface area contributed by atoms with Crippen molar-refractivity contribution < 1.29 is 22.8 Å². The molecule has 0 bridgehead atoms. The van der Waals surface area contributed by atoms with Gasteiger partial charge in [-0.05, 0) is 24.6 Å². The molecule has 1 aliphatic rings. The Hall–Kier alpha value is -2.12. The van der Waals surface area contributed by atoms with Crippen LogP contribution in [-0.4, -0.2) is 41.0 Å². The number of halogens is 3.